The zero-order valence-electron chi connectivity index (χ0n) is 16.8. The van der Waals surface area contributed by atoms with Gasteiger partial charge in [-0.05, 0) is 19.1 Å². The summed E-state index contributed by atoms with van der Waals surface area (Å²) in [5.41, 5.74) is 0. The van der Waals surface area contributed by atoms with E-state index in [0.29, 0.717) is 18.9 Å². The van der Waals surface area contributed by atoms with Crippen molar-refractivity contribution in [1.29, 1.82) is 0 Å². The summed E-state index contributed by atoms with van der Waals surface area (Å²) in [5.74, 6) is 3.67. The molecular formula is C19H30IN7O. The molecule has 0 saturated carbocycles. The monoisotopic (exact) mass is 499 g/mol. The van der Waals surface area contributed by atoms with E-state index < -0.39 is 0 Å². The third kappa shape index (κ3) is 6.05. The van der Waals surface area contributed by atoms with Gasteiger partial charge in [-0.25, -0.2) is 4.98 Å². The second-order valence-electron chi connectivity index (χ2n) is 6.85. The van der Waals surface area contributed by atoms with Gasteiger partial charge in [-0.15, -0.1) is 24.0 Å². The molecule has 0 radical (unpaired) electrons. The molecule has 9 heteroatoms. The normalized spacial score (nSPS) is 14.9. The van der Waals surface area contributed by atoms with Gasteiger partial charge in [-0.3, -0.25) is 4.99 Å². The van der Waals surface area contributed by atoms with Gasteiger partial charge in [0.2, 0.25) is 5.89 Å². The fourth-order valence-corrected chi connectivity index (χ4v) is 2.98. The molecule has 1 saturated heterocycles. The Labute approximate surface area is 183 Å². The van der Waals surface area contributed by atoms with Gasteiger partial charge in [-0.1, -0.05) is 25.1 Å². The second-order valence-corrected chi connectivity index (χ2v) is 6.85. The summed E-state index contributed by atoms with van der Waals surface area (Å²) in [6.45, 7) is 11.4. The minimum atomic E-state index is 0. The van der Waals surface area contributed by atoms with Crippen molar-refractivity contribution in [2.75, 3.05) is 44.2 Å². The highest BCUT2D eigenvalue weighted by Gasteiger charge is 2.20. The van der Waals surface area contributed by atoms with Crippen LogP contribution in [0.15, 0.2) is 33.9 Å². The van der Waals surface area contributed by atoms with Crippen molar-refractivity contribution in [3.05, 3.63) is 36.1 Å². The van der Waals surface area contributed by atoms with Crippen LogP contribution in [0.1, 0.15) is 38.4 Å². The quantitative estimate of drug-likeness (QED) is 0.372. The van der Waals surface area contributed by atoms with Gasteiger partial charge in [0.05, 0.1) is 6.54 Å². The van der Waals surface area contributed by atoms with Crippen molar-refractivity contribution in [2.24, 2.45) is 4.99 Å². The number of pyridine rings is 1. The van der Waals surface area contributed by atoms with E-state index in [9.17, 15) is 0 Å². The molecule has 0 atom stereocenters. The lowest BCUT2D eigenvalue weighted by atomic mass is 10.2. The Morgan fingerprint density at radius 2 is 2.04 bits per heavy atom. The van der Waals surface area contributed by atoms with E-state index in [0.717, 1.165) is 50.3 Å². The lowest BCUT2D eigenvalue weighted by molar-refractivity contribution is 0.366. The smallest absolute Gasteiger partial charge is 0.228 e. The number of aliphatic imine (C=N–C) groups is 1. The van der Waals surface area contributed by atoms with E-state index in [4.69, 9.17) is 9.52 Å². The van der Waals surface area contributed by atoms with Crippen LogP contribution in [0.4, 0.5) is 5.82 Å². The highest BCUT2D eigenvalue weighted by Crippen LogP contribution is 2.13. The Morgan fingerprint density at radius 3 is 2.64 bits per heavy atom. The summed E-state index contributed by atoms with van der Waals surface area (Å²) in [7, 11) is 0. The minimum absolute atomic E-state index is 0. The first-order valence-corrected chi connectivity index (χ1v) is 9.69. The molecular weight excluding hydrogens is 469 g/mol. The van der Waals surface area contributed by atoms with Crippen LogP contribution in [-0.4, -0.2) is 65.3 Å². The molecule has 1 fully saturated rings. The van der Waals surface area contributed by atoms with Crippen molar-refractivity contribution in [3.8, 4) is 0 Å². The summed E-state index contributed by atoms with van der Waals surface area (Å²) >= 11 is 0. The van der Waals surface area contributed by atoms with Gasteiger partial charge < -0.3 is 19.6 Å². The van der Waals surface area contributed by atoms with Crippen LogP contribution in [0.25, 0.3) is 0 Å². The molecule has 3 rings (SSSR count). The molecule has 154 valence electrons. The lowest BCUT2D eigenvalue weighted by Gasteiger charge is -2.37. The first kappa shape index (κ1) is 22.4. The van der Waals surface area contributed by atoms with E-state index in [-0.39, 0.29) is 29.9 Å². The maximum atomic E-state index is 5.30. The molecule has 2 aromatic rings. The largest absolute Gasteiger partial charge is 0.357 e. The zero-order valence-corrected chi connectivity index (χ0v) is 19.2. The van der Waals surface area contributed by atoms with E-state index in [1.54, 1.807) is 0 Å². The topological polar surface area (TPSA) is 82.7 Å². The highest BCUT2D eigenvalue weighted by molar-refractivity contribution is 14.0. The molecule has 8 nitrogen and oxygen atoms in total. The van der Waals surface area contributed by atoms with Crippen LogP contribution in [0, 0.1) is 0 Å². The Bertz CT molecular complexity index is 727. The van der Waals surface area contributed by atoms with Crippen LogP contribution in [-0.2, 0) is 6.42 Å². The minimum Gasteiger partial charge on any atom is -0.357 e. The van der Waals surface area contributed by atoms with Crippen LogP contribution in [0.3, 0.4) is 0 Å². The lowest BCUT2D eigenvalue weighted by Crippen LogP contribution is -2.52. The Morgan fingerprint density at radius 1 is 1.25 bits per heavy atom. The van der Waals surface area contributed by atoms with Crippen LogP contribution in [0.2, 0.25) is 0 Å². The molecule has 28 heavy (non-hydrogen) atoms. The summed E-state index contributed by atoms with van der Waals surface area (Å²) in [4.78, 5) is 18.2. The number of guanidine groups is 1. The number of hydrogen-bond donors (Lipinski definition) is 1. The average molecular weight is 499 g/mol. The van der Waals surface area contributed by atoms with Crippen LogP contribution < -0.4 is 10.2 Å². The van der Waals surface area contributed by atoms with Gasteiger partial charge in [0, 0.05) is 51.3 Å². The number of aromatic nitrogens is 3. The fraction of sp³-hybridized carbons (Fsp3) is 0.579. The van der Waals surface area contributed by atoms with Gasteiger partial charge in [0.1, 0.15) is 5.82 Å². The van der Waals surface area contributed by atoms with Gasteiger partial charge >= 0.3 is 0 Å². The number of halogens is 1. The summed E-state index contributed by atoms with van der Waals surface area (Å²) < 4.78 is 5.30. The third-order valence-electron chi connectivity index (χ3n) is 4.47. The fourth-order valence-electron chi connectivity index (χ4n) is 2.98. The Kier molecular flexibility index (Phi) is 8.94. The molecule has 3 heterocycles. The zero-order chi connectivity index (χ0) is 19.1. The average Bonchev–Trinajstić information content (AvgIpc) is 3.17. The summed E-state index contributed by atoms with van der Waals surface area (Å²) in [5, 5.41) is 7.40. The van der Waals surface area contributed by atoms with Crippen molar-refractivity contribution < 1.29 is 4.52 Å². The number of anilines is 1. The van der Waals surface area contributed by atoms with Crippen molar-refractivity contribution in [2.45, 2.75) is 33.1 Å². The number of rotatable bonds is 6. The molecule has 1 aliphatic heterocycles. The predicted octanol–water partition coefficient (Wildman–Crippen LogP) is 2.54. The van der Waals surface area contributed by atoms with Gasteiger partial charge in [0.15, 0.2) is 11.8 Å². The second kappa shape index (κ2) is 11.2. The van der Waals surface area contributed by atoms with E-state index >= 15 is 0 Å². The van der Waals surface area contributed by atoms with Crippen LogP contribution >= 0.6 is 24.0 Å². The highest BCUT2D eigenvalue weighted by atomic mass is 127. The van der Waals surface area contributed by atoms with Crippen molar-refractivity contribution in [1.82, 2.24) is 25.3 Å². The summed E-state index contributed by atoms with van der Waals surface area (Å²) in [6.07, 6.45) is 2.50. The molecule has 0 bridgehead atoms. The number of nitrogens with one attached hydrogen (secondary N) is 1. The first-order valence-electron chi connectivity index (χ1n) is 9.69. The number of hydrogen-bond acceptors (Lipinski definition) is 6. The number of piperazine rings is 1. The molecule has 0 spiro atoms. The van der Waals surface area contributed by atoms with Gasteiger partial charge in [0.25, 0.3) is 0 Å². The first-order chi connectivity index (χ1) is 13.2. The SMILES string of the molecule is CCNC(=NCCc1nc(C(C)C)no1)N1CCN(c2ccccn2)CC1.I. The predicted molar refractivity (Wildman–Crippen MR) is 122 cm³/mol. The molecule has 0 aromatic carbocycles. The van der Waals surface area contributed by atoms with E-state index in [1.165, 1.54) is 0 Å². The maximum absolute atomic E-state index is 5.30. The van der Waals surface area contributed by atoms with E-state index in [1.807, 2.05) is 18.3 Å². The van der Waals surface area contributed by atoms with E-state index in [2.05, 4.69) is 57.1 Å². The molecule has 0 amide bonds. The molecule has 0 unspecified atom stereocenters. The molecule has 2 aromatic heterocycles. The Hall–Kier alpha value is -1.91. The van der Waals surface area contributed by atoms with Crippen molar-refractivity contribution >= 4 is 35.8 Å². The molecule has 1 N–H and O–H groups in total. The maximum Gasteiger partial charge on any atom is 0.228 e. The molecule has 1 aliphatic rings. The standard InChI is InChI=1S/C19H29N7O.HI/c1-4-20-19(22-10-8-17-23-18(15(2)3)24-27-17)26-13-11-25(12-14-26)16-7-5-6-9-21-16;/h5-7,9,15H,4,8,10-14H2,1-3H3,(H,20,22);1H. The number of nitrogens with zero attached hydrogens (tertiary/aromatic N) is 6. The van der Waals surface area contributed by atoms with Crippen molar-refractivity contribution in [3.63, 3.8) is 0 Å². The third-order valence-corrected chi connectivity index (χ3v) is 4.47. The van der Waals surface area contributed by atoms with Gasteiger partial charge in [-0.2, -0.15) is 4.98 Å². The summed E-state index contributed by atoms with van der Waals surface area (Å²) in [6, 6.07) is 6.04. The molecule has 0 aliphatic carbocycles. The Balaban J connectivity index is 0.00000280. The van der Waals surface area contributed by atoms with Crippen LogP contribution in [0.5, 0.6) is 0 Å².